The number of nitrogens with one attached hydrogen (secondary N) is 2. The fourth-order valence-corrected chi connectivity index (χ4v) is 3.32. The molecule has 1 aliphatic heterocycles. The minimum Gasteiger partial charge on any atom is -0.444 e. The molecule has 1 aromatic heterocycles. The molecule has 1 aromatic rings. The number of ether oxygens (including phenoxy) is 2. The highest BCUT2D eigenvalue weighted by molar-refractivity contribution is 6.28. The van der Waals surface area contributed by atoms with Crippen molar-refractivity contribution >= 4 is 29.6 Å². The maximum atomic E-state index is 11.9. The van der Waals surface area contributed by atoms with Gasteiger partial charge in [0.05, 0.1) is 6.54 Å². The van der Waals surface area contributed by atoms with Gasteiger partial charge in [-0.05, 0) is 65.5 Å². The lowest BCUT2D eigenvalue weighted by Gasteiger charge is -2.24. The van der Waals surface area contributed by atoms with Gasteiger partial charge in [0.25, 0.3) is 0 Å². The van der Waals surface area contributed by atoms with Crippen molar-refractivity contribution in [1.29, 1.82) is 0 Å². The summed E-state index contributed by atoms with van der Waals surface area (Å²) in [6.07, 6.45) is 0.156. The number of anilines is 1. The van der Waals surface area contributed by atoms with E-state index >= 15 is 0 Å². The van der Waals surface area contributed by atoms with Crippen LogP contribution in [0.3, 0.4) is 0 Å². The van der Waals surface area contributed by atoms with E-state index in [2.05, 4.69) is 20.6 Å². The van der Waals surface area contributed by atoms with E-state index in [1.165, 1.54) is 6.20 Å². The van der Waals surface area contributed by atoms with E-state index < -0.39 is 29.5 Å². The monoisotopic (exact) mass is 471 g/mol. The molecule has 0 aliphatic carbocycles. The van der Waals surface area contributed by atoms with Gasteiger partial charge in [-0.2, -0.15) is 0 Å². The van der Waals surface area contributed by atoms with Crippen molar-refractivity contribution in [3.63, 3.8) is 0 Å². The predicted octanol–water partition coefficient (Wildman–Crippen LogP) is 3.04. The number of nitrogens with zero attached hydrogens (tertiary/aromatic N) is 3. The molecule has 0 bridgehead atoms. The van der Waals surface area contributed by atoms with Crippen LogP contribution in [-0.2, 0) is 9.47 Å². The minimum atomic E-state index is -1.05. The van der Waals surface area contributed by atoms with Crippen LogP contribution in [0.25, 0.3) is 0 Å². The zero-order valence-electron chi connectivity index (χ0n) is 19.6. The quantitative estimate of drug-likeness (QED) is 0.540. The normalized spacial score (nSPS) is 17.6. The number of halogens is 1. The van der Waals surface area contributed by atoms with E-state index in [1.54, 1.807) is 20.8 Å². The summed E-state index contributed by atoms with van der Waals surface area (Å²) in [7, 11) is 0. The number of aromatic nitrogens is 2. The van der Waals surface area contributed by atoms with E-state index in [4.69, 9.17) is 21.1 Å². The second kappa shape index (κ2) is 10.5. The minimum absolute atomic E-state index is 0.0615. The van der Waals surface area contributed by atoms with Gasteiger partial charge in [0.2, 0.25) is 5.28 Å². The van der Waals surface area contributed by atoms with Crippen LogP contribution in [-0.4, -0.2) is 64.6 Å². The molecule has 0 spiro atoms. The molecule has 1 fully saturated rings. The highest BCUT2D eigenvalue weighted by Gasteiger charge is 2.29. The van der Waals surface area contributed by atoms with Crippen molar-refractivity contribution in [2.75, 3.05) is 31.1 Å². The molecule has 2 heterocycles. The summed E-state index contributed by atoms with van der Waals surface area (Å²) in [4.78, 5) is 34.1. The highest BCUT2D eigenvalue weighted by atomic mass is 35.5. The number of amides is 2. The first-order valence-corrected chi connectivity index (χ1v) is 11.0. The Hall–Kier alpha value is -2.33. The number of hydrogen-bond donors (Lipinski definition) is 3. The number of aliphatic hydroxyl groups is 1. The molecule has 0 saturated carbocycles. The standard InChI is InChI=1S/C21H34ClN5O5/c1-20(2,3)31-18(29)24-9-13-7-8-27(12-13)16-14(10-23-17(22)26-16)15(28)11-25-19(30)32-21(4,5)6/h10,13,15,28H,7-9,11-12H2,1-6H3,(H,24,29)(H,25,30)/t13-,15?/m0/s1. The SMILES string of the molecule is CC(C)(C)OC(=O)NCC(O)c1cnc(Cl)nc1N1CC[C@@H](CNC(=O)OC(C)(C)C)C1. The molecule has 2 rings (SSSR count). The van der Waals surface area contributed by atoms with Crippen LogP contribution in [0.1, 0.15) is 59.6 Å². The number of carbonyl (C=O) groups excluding carboxylic acids is 2. The molecule has 1 unspecified atom stereocenters. The summed E-state index contributed by atoms with van der Waals surface area (Å²) < 4.78 is 10.5. The van der Waals surface area contributed by atoms with Crippen LogP contribution < -0.4 is 15.5 Å². The summed E-state index contributed by atoms with van der Waals surface area (Å²) in [5.41, 5.74) is -0.741. The summed E-state index contributed by atoms with van der Waals surface area (Å²) in [5.74, 6) is 0.685. The second-order valence-corrected chi connectivity index (χ2v) is 10.1. The van der Waals surface area contributed by atoms with Gasteiger partial charge in [-0.15, -0.1) is 0 Å². The highest BCUT2D eigenvalue weighted by Crippen LogP contribution is 2.29. The lowest BCUT2D eigenvalue weighted by molar-refractivity contribution is 0.0488. The molecular formula is C21H34ClN5O5. The Morgan fingerprint density at radius 1 is 1.19 bits per heavy atom. The van der Waals surface area contributed by atoms with Gasteiger partial charge in [0.1, 0.15) is 23.1 Å². The number of rotatable bonds is 6. The van der Waals surface area contributed by atoms with Crippen LogP contribution >= 0.6 is 11.6 Å². The molecule has 180 valence electrons. The molecule has 0 aromatic carbocycles. The topological polar surface area (TPSA) is 126 Å². The zero-order chi connectivity index (χ0) is 24.1. The Bertz CT molecular complexity index is 809. The average molecular weight is 472 g/mol. The van der Waals surface area contributed by atoms with Gasteiger partial charge in [-0.1, -0.05) is 0 Å². The van der Waals surface area contributed by atoms with Crippen LogP contribution in [0.5, 0.6) is 0 Å². The third kappa shape index (κ3) is 8.66. The summed E-state index contributed by atoms with van der Waals surface area (Å²) in [5, 5.41) is 16.1. The van der Waals surface area contributed by atoms with Crippen LogP contribution in [0.4, 0.5) is 15.4 Å². The first-order valence-electron chi connectivity index (χ1n) is 10.6. The maximum absolute atomic E-state index is 11.9. The molecule has 11 heteroatoms. The van der Waals surface area contributed by atoms with Gasteiger partial charge in [-0.3, -0.25) is 0 Å². The molecule has 1 saturated heterocycles. The third-order valence-electron chi connectivity index (χ3n) is 4.48. The molecule has 32 heavy (non-hydrogen) atoms. The van der Waals surface area contributed by atoms with Gasteiger partial charge >= 0.3 is 12.2 Å². The number of alkyl carbamates (subject to hydrolysis) is 2. The fraction of sp³-hybridized carbons (Fsp3) is 0.714. The number of aliphatic hydroxyl groups excluding tert-OH is 1. The van der Waals surface area contributed by atoms with Crippen molar-refractivity contribution in [2.45, 2.75) is 65.3 Å². The fourth-order valence-electron chi connectivity index (χ4n) is 3.19. The lowest BCUT2D eigenvalue weighted by atomic mass is 10.1. The Morgan fingerprint density at radius 2 is 1.78 bits per heavy atom. The Morgan fingerprint density at radius 3 is 2.38 bits per heavy atom. The Balaban J connectivity index is 1.98. The maximum Gasteiger partial charge on any atom is 0.407 e. The number of hydrogen-bond acceptors (Lipinski definition) is 8. The first kappa shape index (κ1) is 25.9. The van der Waals surface area contributed by atoms with Crippen molar-refractivity contribution in [1.82, 2.24) is 20.6 Å². The smallest absolute Gasteiger partial charge is 0.407 e. The molecule has 10 nitrogen and oxygen atoms in total. The van der Waals surface area contributed by atoms with Gasteiger partial charge < -0.3 is 30.1 Å². The first-order chi connectivity index (χ1) is 14.7. The van der Waals surface area contributed by atoms with Crippen LogP contribution in [0.15, 0.2) is 6.20 Å². The summed E-state index contributed by atoms with van der Waals surface area (Å²) in [6.45, 7) is 12.4. The van der Waals surface area contributed by atoms with Crippen molar-refractivity contribution in [2.24, 2.45) is 5.92 Å². The molecular weight excluding hydrogens is 438 g/mol. The molecule has 2 atom stereocenters. The van der Waals surface area contributed by atoms with Crippen LogP contribution in [0, 0.1) is 5.92 Å². The van der Waals surface area contributed by atoms with Gasteiger partial charge in [0.15, 0.2) is 0 Å². The lowest BCUT2D eigenvalue weighted by Crippen LogP contribution is -2.36. The average Bonchev–Trinajstić information content (AvgIpc) is 3.10. The van der Waals surface area contributed by atoms with Crippen molar-refractivity contribution in [3.05, 3.63) is 17.0 Å². The summed E-state index contributed by atoms with van der Waals surface area (Å²) >= 11 is 6.01. The van der Waals surface area contributed by atoms with Crippen molar-refractivity contribution in [3.8, 4) is 0 Å². The zero-order valence-corrected chi connectivity index (χ0v) is 20.3. The van der Waals surface area contributed by atoms with Gasteiger partial charge in [-0.25, -0.2) is 19.6 Å². The van der Waals surface area contributed by atoms with E-state index in [-0.39, 0.29) is 17.7 Å². The number of carbonyl (C=O) groups is 2. The predicted molar refractivity (Wildman–Crippen MR) is 121 cm³/mol. The van der Waals surface area contributed by atoms with Crippen molar-refractivity contribution < 1.29 is 24.2 Å². The molecule has 2 amide bonds. The Labute approximate surface area is 194 Å². The van der Waals surface area contributed by atoms with E-state index in [0.29, 0.717) is 31.0 Å². The van der Waals surface area contributed by atoms with E-state index in [1.807, 2.05) is 25.7 Å². The second-order valence-electron chi connectivity index (χ2n) is 9.80. The van der Waals surface area contributed by atoms with E-state index in [9.17, 15) is 14.7 Å². The van der Waals surface area contributed by atoms with Gasteiger partial charge in [0, 0.05) is 31.4 Å². The van der Waals surface area contributed by atoms with Crippen LogP contribution in [0.2, 0.25) is 5.28 Å². The molecule has 1 aliphatic rings. The summed E-state index contributed by atoms with van der Waals surface area (Å²) in [6, 6.07) is 0. The largest absolute Gasteiger partial charge is 0.444 e. The Kier molecular flexibility index (Phi) is 8.53. The molecule has 3 N–H and O–H groups in total. The van der Waals surface area contributed by atoms with E-state index in [0.717, 1.165) is 6.42 Å². The third-order valence-corrected chi connectivity index (χ3v) is 4.67. The molecule has 0 radical (unpaired) electrons.